The minimum absolute atomic E-state index is 0.0140. The molecular weight excluding hydrogens is 178 g/mol. The Balaban J connectivity index is 2.67. The molecule has 0 fully saturated rings. The molecule has 2 aromatic rings. The van der Waals surface area contributed by atoms with Crippen molar-refractivity contribution in [3.8, 4) is 5.75 Å². The normalized spacial score (nSPS) is 10.4. The summed E-state index contributed by atoms with van der Waals surface area (Å²) in [7, 11) is 1.62. The summed E-state index contributed by atoms with van der Waals surface area (Å²) in [6.45, 7) is 0.0140. The van der Waals surface area contributed by atoms with Crippen LogP contribution < -0.4 is 4.74 Å². The fourth-order valence-corrected chi connectivity index (χ4v) is 1.43. The summed E-state index contributed by atoms with van der Waals surface area (Å²) in [4.78, 5) is 4.24. The maximum atomic E-state index is 8.95. The Bertz CT molecular complexity index is 454. The molecule has 1 heterocycles. The van der Waals surface area contributed by atoms with Gasteiger partial charge in [0.15, 0.2) is 0 Å². The van der Waals surface area contributed by atoms with Gasteiger partial charge in [-0.25, -0.2) is 0 Å². The number of ether oxygens (including phenoxy) is 1. The monoisotopic (exact) mass is 189 g/mol. The van der Waals surface area contributed by atoms with Gasteiger partial charge in [-0.15, -0.1) is 0 Å². The standard InChI is InChI=1S/C11H11NO2/c1-14-10-4-2-3-9-5-8(7-13)6-12-11(9)10/h2-6,13H,7H2,1H3. The van der Waals surface area contributed by atoms with Crippen LogP contribution in [0.3, 0.4) is 0 Å². The smallest absolute Gasteiger partial charge is 0.145 e. The number of hydrogen-bond donors (Lipinski definition) is 1. The lowest BCUT2D eigenvalue weighted by molar-refractivity contribution is 0.281. The zero-order valence-electron chi connectivity index (χ0n) is 7.90. The summed E-state index contributed by atoms with van der Waals surface area (Å²) in [6.07, 6.45) is 1.66. The zero-order chi connectivity index (χ0) is 9.97. The van der Waals surface area contributed by atoms with E-state index in [2.05, 4.69) is 4.98 Å². The molecule has 0 aliphatic heterocycles. The van der Waals surface area contributed by atoms with Crippen LogP contribution in [-0.4, -0.2) is 17.2 Å². The predicted octanol–water partition coefficient (Wildman–Crippen LogP) is 1.74. The van der Waals surface area contributed by atoms with Crippen molar-refractivity contribution in [2.45, 2.75) is 6.61 Å². The van der Waals surface area contributed by atoms with Crippen molar-refractivity contribution in [1.82, 2.24) is 4.98 Å². The van der Waals surface area contributed by atoms with Crippen LogP contribution in [0.5, 0.6) is 5.75 Å². The molecule has 0 spiro atoms. The number of hydrogen-bond acceptors (Lipinski definition) is 3. The minimum Gasteiger partial charge on any atom is -0.494 e. The molecule has 1 N–H and O–H groups in total. The van der Waals surface area contributed by atoms with Crippen molar-refractivity contribution >= 4 is 10.9 Å². The molecule has 0 atom stereocenters. The average molecular weight is 189 g/mol. The number of benzene rings is 1. The highest BCUT2D eigenvalue weighted by Crippen LogP contribution is 2.23. The average Bonchev–Trinajstić information content (AvgIpc) is 2.27. The van der Waals surface area contributed by atoms with Gasteiger partial charge in [-0.3, -0.25) is 4.98 Å². The fraction of sp³-hybridized carbons (Fsp3) is 0.182. The number of aromatic nitrogens is 1. The number of para-hydroxylation sites is 1. The number of nitrogens with zero attached hydrogens (tertiary/aromatic N) is 1. The predicted molar refractivity (Wildman–Crippen MR) is 54.2 cm³/mol. The Hall–Kier alpha value is -1.61. The van der Waals surface area contributed by atoms with E-state index in [1.807, 2.05) is 24.3 Å². The molecule has 0 saturated heterocycles. The van der Waals surface area contributed by atoms with Gasteiger partial charge in [0.2, 0.25) is 0 Å². The molecule has 0 amide bonds. The van der Waals surface area contributed by atoms with E-state index in [0.29, 0.717) is 0 Å². The molecule has 3 heteroatoms. The maximum Gasteiger partial charge on any atom is 0.145 e. The van der Waals surface area contributed by atoms with E-state index >= 15 is 0 Å². The number of rotatable bonds is 2. The van der Waals surface area contributed by atoms with Gasteiger partial charge in [-0.05, 0) is 17.7 Å². The van der Waals surface area contributed by atoms with E-state index < -0.39 is 0 Å². The first-order valence-corrected chi connectivity index (χ1v) is 4.37. The van der Waals surface area contributed by atoms with E-state index in [1.54, 1.807) is 13.3 Å². The number of aliphatic hydroxyl groups is 1. The Morgan fingerprint density at radius 3 is 3.00 bits per heavy atom. The van der Waals surface area contributed by atoms with Crippen LogP contribution in [0.15, 0.2) is 30.5 Å². The summed E-state index contributed by atoms with van der Waals surface area (Å²) in [6, 6.07) is 7.63. The molecule has 0 radical (unpaired) electrons. The van der Waals surface area contributed by atoms with Gasteiger partial charge < -0.3 is 9.84 Å². The zero-order valence-corrected chi connectivity index (χ0v) is 7.90. The van der Waals surface area contributed by atoms with Crippen LogP contribution in [-0.2, 0) is 6.61 Å². The van der Waals surface area contributed by atoms with E-state index in [1.165, 1.54) is 0 Å². The third-order valence-corrected chi connectivity index (χ3v) is 2.13. The van der Waals surface area contributed by atoms with E-state index in [9.17, 15) is 0 Å². The second kappa shape index (κ2) is 3.64. The molecule has 0 saturated carbocycles. The second-order valence-corrected chi connectivity index (χ2v) is 3.03. The molecule has 0 unspecified atom stereocenters. The third kappa shape index (κ3) is 1.42. The van der Waals surface area contributed by atoms with E-state index in [4.69, 9.17) is 9.84 Å². The van der Waals surface area contributed by atoms with E-state index in [0.717, 1.165) is 22.2 Å². The first-order chi connectivity index (χ1) is 6.85. The minimum atomic E-state index is 0.0140. The fourth-order valence-electron chi connectivity index (χ4n) is 1.43. The summed E-state index contributed by atoms with van der Waals surface area (Å²) in [5, 5.41) is 9.93. The molecule has 0 bridgehead atoms. The molecule has 2 rings (SSSR count). The highest BCUT2D eigenvalue weighted by atomic mass is 16.5. The van der Waals surface area contributed by atoms with Crippen LogP contribution in [0.25, 0.3) is 10.9 Å². The summed E-state index contributed by atoms with van der Waals surface area (Å²) in [5.41, 5.74) is 1.64. The highest BCUT2D eigenvalue weighted by Gasteiger charge is 2.02. The molecule has 72 valence electrons. The Kier molecular flexibility index (Phi) is 2.33. The van der Waals surface area contributed by atoms with Gasteiger partial charge >= 0.3 is 0 Å². The summed E-state index contributed by atoms with van der Waals surface area (Å²) >= 11 is 0. The molecular formula is C11H11NO2. The Morgan fingerprint density at radius 2 is 2.29 bits per heavy atom. The van der Waals surface area contributed by atoms with Gasteiger partial charge in [0.1, 0.15) is 11.3 Å². The molecule has 1 aromatic carbocycles. The molecule has 14 heavy (non-hydrogen) atoms. The van der Waals surface area contributed by atoms with Crippen molar-refractivity contribution in [2.24, 2.45) is 0 Å². The van der Waals surface area contributed by atoms with Gasteiger partial charge in [-0.1, -0.05) is 12.1 Å². The summed E-state index contributed by atoms with van der Waals surface area (Å²) in [5.74, 6) is 0.756. The number of pyridine rings is 1. The summed E-state index contributed by atoms with van der Waals surface area (Å²) < 4.78 is 5.18. The van der Waals surface area contributed by atoms with Gasteiger partial charge in [-0.2, -0.15) is 0 Å². The van der Waals surface area contributed by atoms with Gasteiger partial charge in [0.05, 0.1) is 13.7 Å². The van der Waals surface area contributed by atoms with Crippen LogP contribution in [0.1, 0.15) is 5.56 Å². The molecule has 3 nitrogen and oxygen atoms in total. The van der Waals surface area contributed by atoms with E-state index in [-0.39, 0.29) is 6.61 Å². The quantitative estimate of drug-likeness (QED) is 0.782. The van der Waals surface area contributed by atoms with Crippen molar-refractivity contribution in [3.63, 3.8) is 0 Å². The lowest BCUT2D eigenvalue weighted by Gasteiger charge is -2.04. The number of methoxy groups -OCH3 is 1. The van der Waals surface area contributed by atoms with Crippen molar-refractivity contribution in [2.75, 3.05) is 7.11 Å². The lowest BCUT2D eigenvalue weighted by Crippen LogP contribution is -1.90. The Morgan fingerprint density at radius 1 is 1.43 bits per heavy atom. The second-order valence-electron chi connectivity index (χ2n) is 3.03. The van der Waals surface area contributed by atoms with Gasteiger partial charge in [0.25, 0.3) is 0 Å². The molecule has 1 aromatic heterocycles. The maximum absolute atomic E-state index is 8.95. The van der Waals surface area contributed by atoms with Crippen LogP contribution in [0.4, 0.5) is 0 Å². The number of aliphatic hydroxyl groups excluding tert-OH is 1. The van der Waals surface area contributed by atoms with Crippen LogP contribution in [0, 0.1) is 0 Å². The van der Waals surface area contributed by atoms with Gasteiger partial charge in [0, 0.05) is 11.6 Å². The molecule has 0 aliphatic carbocycles. The highest BCUT2D eigenvalue weighted by molar-refractivity contribution is 5.84. The van der Waals surface area contributed by atoms with Crippen molar-refractivity contribution < 1.29 is 9.84 Å². The molecule has 0 aliphatic rings. The lowest BCUT2D eigenvalue weighted by atomic mass is 10.1. The topological polar surface area (TPSA) is 42.4 Å². The first-order valence-electron chi connectivity index (χ1n) is 4.37. The third-order valence-electron chi connectivity index (χ3n) is 2.13. The number of fused-ring (bicyclic) bond motifs is 1. The largest absolute Gasteiger partial charge is 0.494 e. The van der Waals surface area contributed by atoms with Crippen molar-refractivity contribution in [1.29, 1.82) is 0 Å². The van der Waals surface area contributed by atoms with Crippen LogP contribution >= 0.6 is 0 Å². The Labute approximate surface area is 82.0 Å². The SMILES string of the molecule is COc1cccc2cc(CO)cnc12. The van der Waals surface area contributed by atoms with Crippen molar-refractivity contribution in [3.05, 3.63) is 36.0 Å². The first kappa shape index (κ1) is 8.97. The van der Waals surface area contributed by atoms with Crippen LogP contribution in [0.2, 0.25) is 0 Å².